The molecule has 0 amide bonds. The number of ketones is 1. The van der Waals surface area contributed by atoms with Crippen molar-refractivity contribution in [3.63, 3.8) is 0 Å². The van der Waals surface area contributed by atoms with E-state index in [0.29, 0.717) is 5.56 Å². The van der Waals surface area contributed by atoms with Gasteiger partial charge in [-0.1, -0.05) is 22.0 Å². The van der Waals surface area contributed by atoms with Gasteiger partial charge in [0.25, 0.3) is 0 Å². The van der Waals surface area contributed by atoms with Crippen LogP contribution in [0.1, 0.15) is 21.5 Å². The van der Waals surface area contributed by atoms with Gasteiger partial charge in [0.2, 0.25) is 0 Å². The maximum absolute atomic E-state index is 14.1. The maximum Gasteiger partial charge on any atom is 0.196 e. The van der Waals surface area contributed by atoms with Crippen LogP contribution in [0, 0.1) is 12.7 Å². The summed E-state index contributed by atoms with van der Waals surface area (Å²) in [5.74, 6) is -0.925. The number of hydrogen-bond donors (Lipinski definition) is 0. The summed E-state index contributed by atoms with van der Waals surface area (Å²) in [6.45, 7) is 1.88. The molecule has 0 atom stereocenters. The first-order valence-corrected chi connectivity index (χ1v) is 6.46. The normalized spacial score (nSPS) is 10.3. The molecule has 2 aromatic rings. The van der Waals surface area contributed by atoms with Gasteiger partial charge >= 0.3 is 0 Å². The van der Waals surface area contributed by atoms with Crippen LogP contribution in [0.15, 0.2) is 40.9 Å². The molecule has 0 aromatic heterocycles. The Labute approximate surface area is 119 Å². The first kappa shape index (κ1) is 13.7. The zero-order valence-corrected chi connectivity index (χ0v) is 12.1. The van der Waals surface area contributed by atoms with Crippen molar-refractivity contribution in [3.05, 3.63) is 63.4 Å². The summed E-state index contributed by atoms with van der Waals surface area (Å²) >= 11 is 3.33. The van der Waals surface area contributed by atoms with E-state index in [1.807, 2.05) is 13.0 Å². The minimum atomic E-state index is -0.632. The molecule has 2 nitrogen and oxygen atoms in total. The number of ether oxygens (including phenoxy) is 1. The van der Waals surface area contributed by atoms with Gasteiger partial charge in [-0.15, -0.1) is 0 Å². The van der Waals surface area contributed by atoms with E-state index >= 15 is 0 Å². The molecule has 0 heterocycles. The topological polar surface area (TPSA) is 26.3 Å². The van der Waals surface area contributed by atoms with Crippen molar-refractivity contribution in [2.75, 3.05) is 7.11 Å². The molecule has 2 aromatic carbocycles. The van der Waals surface area contributed by atoms with Crippen molar-refractivity contribution in [1.29, 1.82) is 0 Å². The Morgan fingerprint density at radius 1 is 1.26 bits per heavy atom. The van der Waals surface area contributed by atoms with Gasteiger partial charge in [0.15, 0.2) is 17.3 Å². The molecule has 0 radical (unpaired) electrons. The molecule has 0 aliphatic rings. The van der Waals surface area contributed by atoms with E-state index in [4.69, 9.17) is 4.74 Å². The highest BCUT2D eigenvalue weighted by Gasteiger charge is 2.17. The number of aryl methyl sites for hydroxylation is 1. The van der Waals surface area contributed by atoms with E-state index in [1.165, 1.54) is 19.2 Å². The Morgan fingerprint density at radius 2 is 2.00 bits per heavy atom. The molecule has 0 unspecified atom stereocenters. The highest BCUT2D eigenvalue weighted by molar-refractivity contribution is 9.10. The predicted octanol–water partition coefficient (Wildman–Crippen LogP) is 4.14. The molecule has 0 saturated carbocycles. The van der Waals surface area contributed by atoms with E-state index in [1.54, 1.807) is 18.2 Å². The maximum atomic E-state index is 14.1. The minimum Gasteiger partial charge on any atom is -0.494 e. The molecule has 4 heteroatoms. The summed E-state index contributed by atoms with van der Waals surface area (Å²) in [5.41, 5.74) is 1.39. The second-order valence-electron chi connectivity index (χ2n) is 4.17. The van der Waals surface area contributed by atoms with Crippen LogP contribution >= 0.6 is 15.9 Å². The van der Waals surface area contributed by atoms with Gasteiger partial charge in [-0.25, -0.2) is 4.39 Å². The van der Waals surface area contributed by atoms with Crippen molar-refractivity contribution in [2.45, 2.75) is 6.92 Å². The Hall–Kier alpha value is -1.68. The molecule has 0 saturated heterocycles. The second kappa shape index (κ2) is 5.53. The lowest BCUT2D eigenvalue weighted by atomic mass is 10.0. The highest BCUT2D eigenvalue weighted by atomic mass is 79.9. The fourth-order valence-corrected chi connectivity index (χ4v) is 2.47. The molecule has 2 rings (SSSR count). The van der Waals surface area contributed by atoms with Gasteiger partial charge in [0.05, 0.1) is 12.7 Å². The molecule has 98 valence electrons. The Bertz CT molecular complexity index is 618. The number of carbonyl (C=O) groups is 1. The number of benzene rings is 2. The molecule has 19 heavy (non-hydrogen) atoms. The lowest BCUT2D eigenvalue weighted by molar-refractivity contribution is 0.103. The molecule has 0 bridgehead atoms. The van der Waals surface area contributed by atoms with Crippen LogP contribution < -0.4 is 4.74 Å². The number of rotatable bonds is 3. The molecular weight excluding hydrogens is 311 g/mol. The highest BCUT2D eigenvalue weighted by Crippen LogP contribution is 2.24. The summed E-state index contributed by atoms with van der Waals surface area (Å²) in [4.78, 5) is 12.3. The molecule has 0 spiro atoms. The zero-order chi connectivity index (χ0) is 14.0. The molecular formula is C15H12BrFO2. The Morgan fingerprint density at radius 3 is 2.63 bits per heavy atom. The predicted molar refractivity (Wildman–Crippen MR) is 75.3 cm³/mol. The number of hydrogen-bond acceptors (Lipinski definition) is 2. The number of methoxy groups -OCH3 is 1. The van der Waals surface area contributed by atoms with Gasteiger partial charge in [-0.2, -0.15) is 0 Å². The second-order valence-corrected chi connectivity index (χ2v) is 5.08. The first-order chi connectivity index (χ1) is 9.02. The Kier molecular flexibility index (Phi) is 4.00. The average molecular weight is 323 g/mol. The van der Waals surface area contributed by atoms with Gasteiger partial charge in [-0.05, 0) is 42.8 Å². The van der Waals surface area contributed by atoms with Crippen molar-refractivity contribution in [3.8, 4) is 5.75 Å². The van der Waals surface area contributed by atoms with Crippen LogP contribution in [-0.4, -0.2) is 12.9 Å². The lowest BCUT2D eigenvalue weighted by Crippen LogP contribution is -2.06. The molecule has 0 N–H and O–H groups in total. The van der Waals surface area contributed by atoms with Crippen molar-refractivity contribution in [2.24, 2.45) is 0 Å². The van der Waals surface area contributed by atoms with E-state index < -0.39 is 5.82 Å². The van der Waals surface area contributed by atoms with E-state index in [-0.39, 0.29) is 17.1 Å². The largest absolute Gasteiger partial charge is 0.494 e. The number of halogens is 2. The summed E-state index contributed by atoms with van der Waals surface area (Å²) in [7, 11) is 1.37. The quantitative estimate of drug-likeness (QED) is 0.794. The standard InChI is InChI=1S/C15H12BrFO2/c1-9-6-10(8-11(16)7-9)15(18)12-4-3-5-13(19-2)14(12)17/h3-8H,1-2H3. The molecule has 0 aliphatic heterocycles. The minimum absolute atomic E-state index is 0.0110. The van der Waals surface area contributed by atoms with Crippen LogP contribution in [0.5, 0.6) is 5.75 Å². The van der Waals surface area contributed by atoms with Crippen LogP contribution in [-0.2, 0) is 0 Å². The monoisotopic (exact) mass is 322 g/mol. The third-order valence-electron chi connectivity index (χ3n) is 2.73. The van der Waals surface area contributed by atoms with Gasteiger partial charge in [0.1, 0.15) is 0 Å². The summed E-state index contributed by atoms with van der Waals surface area (Å²) in [6.07, 6.45) is 0. The smallest absolute Gasteiger partial charge is 0.196 e. The van der Waals surface area contributed by atoms with Gasteiger partial charge < -0.3 is 4.74 Å². The van der Waals surface area contributed by atoms with Crippen molar-refractivity contribution in [1.82, 2.24) is 0 Å². The SMILES string of the molecule is COc1cccc(C(=O)c2cc(C)cc(Br)c2)c1F. The molecule has 0 aliphatic carbocycles. The molecule has 0 fully saturated rings. The van der Waals surface area contributed by atoms with Gasteiger partial charge in [0, 0.05) is 10.0 Å². The third kappa shape index (κ3) is 2.84. The summed E-state index contributed by atoms with van der Waals surface area (Å²) in [5, 5.41) is 0. The fourth-order valence-electron chi connectivity index (χ4n) is 1.87. The van der Waals surface area contributed by atoms with Crippen LogP contribution in [0.4, 0.5) is 4.39 Å². The van der Waals surface area contributed by atoms with Crippen LogP contribution in [0.3, 0.4) is 0 Å². The number of carbonyl (C=O) groups excluding carboxylic acids is 1. The summed E-state index contributed by atoms with van der Waals surface area (Å²) < 4.78 is 19.7. The van der Waals surface area contributed by atoms with E-state index in [0.717, 1.165) is 10.0 Å². The van der Waals surface area contributed by atoms with Crippen LogP contribution in [0.2, 0.25) is 0 Å². The first-order valence-electron chi connectivity index (χ1n) is 5.67. The Balaban J connectivity index is 2.50. The zero-order valence-electron chi connectivity index (χ0n) is 10.5. The van der Waals surface area contributed by atoms with Crippen molar-refractivity contribution >= 4 is 21.7 Å². The third-order valence-corrected chi connectivity index (χ3v) is 3.19. The van der Waals surface area contributed by atoms with E-state index in [2.05, 4.69) is 15.9 Å². The van der Waals surface area contributed by atoms with Crippen LogP contribution in [0.25, 0.3) is 0 Å². The van der Waals surface area contributed by atoms with Crippen molar-refractivity contribution < 1.29 is 13.9 Å². The summed E-state index contributed by atoms with van der Waals surface area (Å²) in [6, 6.07) is 9.83. The van der Waals surface area contributed by atoms with E-state index in [9.17, 15) is 9.18 Å². The van der Waals surface area contributed by atoms with Gasteiger partial charge in [-0.3, -0.25) is 4.79 Å². The average Bonchev–Trinajstić information content (AvgIpc) is 2.37. The fraction of sp³-hybridized carbons (Fsp3) is 0.133. The lowest BCUT2D eigenvalue weighted by Gasteiger charge is -2.07.